The Balaban J connectivity index is 0.00000392. The van der Waals surface area contributed by atoms with Gasteiger partial charge in [-0.15, -0.1) is 12.4 Å². The monoisotopic (exact) mass is 509 g/mol. The molecule has 2 aromatic carbocycles. The Morgan fingerprint density at radius 2 is 1.86 bits per heavy atom. The van der Waals surface area contributed by atoms with Gasteiger partial charge in [0.25, 0.3) is 0 Å². The maximum absolute atomic E-state index is 6.24. The smallest absolute Gasteiger partial charge is 0.175 e. The molecule has 0 spiro atoms. The minimum atomic E-state index is 0. The normalized spacial score (nSPS) is 10.7. The zero-order valence-electron chi connectivity index (χ0n) is 16.4. The molecule has 2 aromatic rings. The van der Waals surface area contributed by atoms with Crippen molar-refractivity contribution in [3.63, 3.8) is 0 Å². The first-order valence-electron chi connectivity index (χ1n) is 9.13. The fraction of sp³-hybridized carbons (Fsp3) is 0.429. The van der Waals surface area contributed by atoms with Gasteiger partial charge in [-0.25, -0.2) is 0 Å². The highest BCUT2D eigenvalue weighted by Crippen LogP contribution is 2.38. The molecule has 0 atom stereocenters. The van der Waals surface area contributed by atoms with Crippen LogP contribution >= 0.6 is 51.5 Å². The molecule has 0 amide bonds. The summed E-state index contributed by atoms with van der Waals surface area (Å²) in [6, 6.07) is 9.47. The third-order valence-electron chi connectivity index (χ3n) is 3.98. The minimum absolute atomic E-state index is 0. The van der Waals surface area contributed by atoms with Crippen LogP contribution in [0.4, 0.5) is 0 Å². The van der Waals surface area contributed by atoms with Crippen molar-refractivity contribution in [3.8, 4) is 11.5 Å². The van der Waals surface area contributed by atoms with Crippen LogP contribution in [0.2, 0.25) is 10.0 Å². The maximum atomic E-state index is 6.24. The van der Waals surface area contributed by atoms with Gasteiger partial charge >= 0.3 is 0 Å². The van der Waals surface area contributed by atoms with Gasteiger partial charge in [0, 0.05) is 22.2 Å². The molecule has 0 radical (unpaired) electrons. The zero-order chi connectivity index (χ0) is 19.8. The highest BCUT2D eigenvalue weighted by atomic mass is 79.9. The number of benzene rings is 2. The molecule has 0 heterocycles. The summed E-state index contributed by atoms with van der Waals surface area (Å²) >= 11 is 15.8. The van der Waals surface area contributed by atoms with Gasteiger partial charge in [-0.2, -0.15) is 0 Å². The fourth-order valence-corrected chi connectivity index (χ4v) is 3.61. The predicted octanol–water partition coefficient (Wildman–Crippen LogP) is 7.29. The first-order chi connectivity index (χ1) is 12.9. The van der Waals surface area contributed by atoms with Crippen LogP contribution in [0.25, 0.3) is 0 Å². The molecule has 1 N–H and O–H groups in total. The Bertz CT molecular complexity index is 757. The van der Waals surface area contributed by atoms with E-state index in [9.17, 15) is 0 Å². The number of hydrogen-bond acceptors (Lipinski definition) is 3. The van der Waals surface area contributed by atoms with Gasteiger partial charge in [-0.3, -0.25) is 0 Å². The van der Waals surface area contributed by atoms with Gasteiger partial charge in [0.15, 0.2) is 11.5 Å². The second kappa shape index (κ2) is 12.8. The molecule has 0 unspecified atom stereocenters. The van der Waals surface area contributed by atoms with E-state index in [2.05, 4.69) is 41.2 Å². The standard InChI is InChI=1S/C21H26BrCl2NO2.ClH/c1-4-26-20-10-15(12-25-8-7-14(2)3)9-18(22)21(20)27-13-16-5-6-17(23)11-19(16)24;/h5-6,9-11,14,25H,4,7-8,12-13H2,1-3H3;1H. The first-order valence-corrected chi connectivity index (χ1v) is 10.7. The van der Waals surface area contributed by atoms with E-state index < -0.39 is 0 Å². The van der Waals surface area contributed by atoms with Crippen LogP contribution in [0.1, 0.15) is 38.3 Å². The number of halogens is 4. The molecular formula is C21H27BrCl3NO2. The topological polar surface area (TPSA) is 30.5 Å². The molecular weight excluding hydrogens is 484 g/mol. The quantitative estimate of drug-likeness (QED) is 0.340. The summed E-state index contributed by atoms with van der Waals surface area (Å²) in [7, 11) is 0. The van der Waals surface area contributed by atoms with Crippen molar-refractivity contribution in [1.82, 2.24) is 5.32 Å². The first kappa shape index (κ1) is 25.4. The van der Waals surface area contributed by atoms with E-state index in [1.54, 1.807) is 12.1 Å². The van der Waals surface area contributed by atoms with Crippen molar-refractivity contribution in [3.05, 3.63) is 56.0 Å². The van der Waals surface area contributed by atoms with Crippen molar-refractivity contribution in [1.29, 1.82) is 0 Å². The molecule has 2 rings (SSSR count). The van der Waals surface area contributed by atoms with E-state index in [-0.39, 0.29) is 12.4 Å². The van der Waals surface area contributed by atoms with Crippen LogP contribution in [-0.2, 0) is 13.2 Å². The summed E-state index contributed by atoms with van der Waals surface area (Å²) < 4.78 is 12.7. The van der Waals surface area contributed by atoms with E-state index in [4.69, 9.17) is 32.7 Å². The summed E-state index contributed by atoms with van der Waals surface area (Å²) in [6.45, 7) is 9.09. The molecule has 0 fully saturated rings. The highest BCUT2D eigenvalue weighted by molar-refractivity contribution is 9.10. The van der Waals surface area contributed by atoms with Crippen molar-refractivity contribution in [2.24, 2.45) is 5.92 Å². The van der Waals surface area contributed by atoms with Gasteiger partial charge in [0.05, 0.1) is 11.1 Å². The minimum Gasteiger partial charge on any atom is -0.490 e. The lowest BCUT2D eigenvalue weighted by atomic mass is 10.1. The Hall–Kier alpha value is -0.650. The lowest BCUT2D eigenvalue weighted by Crippen LogP contribution is -2.16. The Morgan fingerprint density at radius 3 is 2.50 bits per heavy atom. The molecule has 0 bridgehead atoms. The fourth-order valence-electron chi connectivity index (χ4n) is 2.54. The average Bonchev–Trinajstić information content (AvgIpc) is 2.59. The maximum Gasteiger partial charge on any atom is 0.175 e. The second-order valence-corrected chi connectivity index (χ2v) is 8.42. The molecule has 0 saturated carbocycles. The van der Waals surface area contributed by atoms with Crippen LogP contribution in [0, 0.1) is 5.92 Å². The molecule has 0 aliphatic carbocycles. The number of ether oxygens (including phenoxy) is 2. The van der Waals surface area contributed by atoms with Crippen molar-refractivity contribution < 1.29 is 9.47 Å². The van der Waals surface area contributed by atoms with E-state index in [1.807, 2.05) is 19.1 Å². The lowest BCUT2D eigenvalue weighted by molar-refractivity contribution is 0.267. The Labute approximate surface area is 192 Å². The molecule has 0 aliphatic heterocycles. The molecule has 0 aliphatic rings. The predicted molar refractivity (Wildman–Crippen MR) is 125 cm³/mol. The second-order valence-electron chi connectivity index (χ2n) is 6.72. The lowest BCUT2D eigenvalue weighted by Gasteiger charge is -2.16. The number of hydrogen-bond donors (Lipinski definition) is 1. The van der Waals surface area contributed by atoms with E-state index in [0.29, 0.717) is 34.9 Å². The van der Waals surface area contributed by atoms with Crippen LogP contribution in [0.15, 0.2) is 34.8 Å². The number of nitrogens with one attached hydrogen (secondary N) is 1. The van der Waals surface area contributed by atoms with Crippen LogP contribution in [-0.4, -0.2) is 13.2 Å². The van der Waals surface area contributed by atoms with Gasteiger partial charge in [-0.1, -0.05) is 43.1 Å². The number of rotatable bonds is 10. The third-order valence-corrected chi connectivity index (χ3v) is 5.16. The molecule has 0 saturated heterocycles. The molecule has 7 heteroatoms. The SMILES string of the molecule is CCOc1cc(CNCCC(C)C)cc(Br)c1OCc1ccc(Cl)cc1Cl.Cl. The summed E-state index contributed by atoms with van der Waals surface area (Å²) in [5.74, 6) is 2.09. The summed E-state index contributed by atoms with van der Waals surface area (Å²) in [6.07, 6.45) is 1.16. The van der Waals surface area contributed by atoms with E-state index >= 15 is 0 Å². The van der Waals surface area contributed by atoms with Gasteiger partial charge < -0.3 is 14.8 Å². The van der Waals surface area contributed by atoms with E-state index in [0.717, 1.165) is 40.9 Å². The average molecular weight is 512 g/mol. The zero-order valence-corrected chi connectivity index (χ0v) is 20.3. The molecule has 156 valence electrons. The summed E-state index contributed by atoms with van der Waals surface area (Å²) in [5.41, 5.74) is 2.01. The van der Waals surface area contributed by atoms with Crippen molar-refractivity contribution >= 4 is 51.5 Å². The van der Waals surface area contributed by atoms with Crippen LogP contribution in [0.5, 0.6) is 11.5 Å². The highest BCUT2D eigenvalue weighted by Gasteiger charge is 2.13. The largest absolute Gasteiger partial charge is 0.490 e. The van der Waals surface area contributed by atoms with Crippen molar-refractivity contribution in [2.45, 2.75) is 40.3 Å². The van der Waals surface area contributed by atoms with Crippen LogP contribution in [0.3, 0.4) is 0 Å². The van der Waals surface area contributed by atoms with Gasteiger partial charge in [0.1, 0.15) is 6.61 Å². The summed E-state index contributed by atoms with van der Waals surface area (Å²) in [4.78, 5) is 0. The summed E-state index contributed by atoms with van der Waals surface area (Å²) in [5, 5.41) is 4.66. The van der Waals surface area contributed by atoms with E-state index in [1.165, 1.54) is 0 Å². The van der Waals surface area contributed by atoms with Gasteiger partial charge in [-0.05, 0) is 71.6 Å². The molecule has 28 heavy (non-hydrogen) atoms. The molecule has 3 nitrogen and oxygen atoms in total. The van der Waals surface area contributed by atoms with Gasteiger partial charge in [0.2, 0.25) is 0 Å². The van der Waals surface area contributed by atoms with Crippen molar-refractivity contribution in [2.75, 3.05) is 13.2 Å². The third kappa shape index (κ3) is 8.00. The molecule has 0 aromatic heterocycles. The Morgan fingerprint density at radius 1 is 1.11 bits per heavy atom. The Kier molecular flexibility index (Phi) is 11.6. The van der Waals surface area contributed by atoms with Crippen LogP contribution < -0.4 is 14.8 Å².